The first-order valence-corrected chi connectivity index (χ1v) is 15.4. The fraction of sp³-hybridized carbons (Fsp3) is 0.355. The molecule has 12 heteroatoms. The lowest BCUT2D eigenvalue weighted by atomic mass is 9.99. The molecule has 0 unspecified atom stereocenters. The molecular formula is C31H38N4O7S. The van der Waals surface area contributed by atoms with E-state index in [0.29, 0.717) is 11.4 Å². The number of nitrogens with one attached hydrogen (secondary N) is 2. The van der Waals surface area contributed by atoms with Crippen LogP contribution in [-0.4, -0.2) is 81.3 Å². The van der Waals surface area contributed by atoms with Crippen molar-refractivity contribution in [3.8, 4) is 11.5 Å². The minimum atomic E-state index is -3.91. The van der Waals surface area contributed by atoms with Crippen LogP contribution in [0.4, 0.5) is 16.2 Å². The third kappa shape index (κ3) is 7.57. The number of aliphatic hydroxyl groups is 1. The van der Waals surface area contributed by atoms with Crippen LogP contribution in [-0.2, 0) is 10.0 Å². The number of likely N-dealkylation sites (N-methyl/N-ethyl adjacent to an activating group) is 1. The first-order valence-electron chi connectivity index (χ1n) is 13.9. The lowest BCUT2D eigenvalue weighted by Gasteiger charge is -2.38. The van der Waals surface area contributed by atoms with Gasteiger partial charge in [-0.2, -0.15) is 0 Å². The van der Waals surface area contributed by atoms with Gasteiger partial charge < -0.3 is 29.7 Å². The van der Waals surface area contributed by atoms with Crippen molar-refractivity contribution < 1.29 is 32.6 Å². The third-order valence-corrected chi connectivity index (χ3v) is 8.79. The predicted octanol–water partition coefficient (Wildman–Crippen LogP) is 4.19. The van der Waals surface area contributed by atoms with Gasteiger partial charge in [-0.3, -0.25) is 9.52 Å². The molecule has 1 aliphatic heterocycles. The van der Waals surface area contributed by atoms with Crippen molar-refractivity contribution in [2.24, 2.45) is 5.92 Å². The van der Waals surface area contributed by atoms with Gasteiger partial charge in [-0.15, -0.1) is 0 Å². The molecule has 1 heterocycles. The predicted molar refractivity (Wildman–Crippen MR) is 164 cm³/mol. The summed E-state index contributed by atoms with van der Waals surface area (Å²) < 4.78 is 40.1. The van der Waals surface area contributed by atoms with Gasteiger partial charge in [-0.05, 0) is 68.4 Å². The number of hydrogen-bond donors (Lipinski definition) is 3. The number of rotatable bonds is 9. The molecule has 3 aromatic carbocycles. The van der Waals surface area contributed by atoms with Gasteiger partial charge in [0.2, 0.25) is 0 Å². The molecule has 4 rings (SSSR count). The van der Waals surface area contributed by atoms with Crippen LogP contribution in [0.25, 0.3) is 0 Å². The zero-order chi connectivity index (χ0) is 31.3. The molecule has 3 N–H and O–H groups in total. The highest BCUT2D eigenvalue weighted by Crippen LogP contribution is 2.31. The number of anilines is 2. The van der Waals surface area contributed by atoms with E-state index in [0.717, 1.165) is 5.56 Å². The highest BCUT2D eigenvalue weighted by Gasteiger charge is 2.34. The van der Waals surface area contributed by atoms with Gasteiger partial charge in [0.05, 0.1) is 36.8 Å². The standard InChI is InChI=1S/C31H38N4O7S/c1-20-6-13-26(14-7-20)43(39,40)33-24-10-15-28-27(16-24)30(37)35(22(3)19-36)17-21(2)29(42-28)18-34(4)31(38)32-23-8-11-25(41-5)12-9-23/h6-16,21-22,29,33,36H,17-19H2,1-5H3,(H,32,38)/t21-,22-,29+/m0/s1. The molecule has 0 saturated heterocycles. The van der Waals surface area contributed by atoms with Crippen molar-refractivity contribution in [1.82, 2.24) is 9.80 Å². The van der Waals surface area contributed by atoms with E-state index in [2.05, 4.69) is 10.0 Å². The Morgan fingerprint density at radius 1 is 1.12 bits per heavy atom. The molecule has 3 atom stereocenters. The number of amides is 3. The van der Waals surface area contributed by atoms with Crippen LogP contribution in [0.2, 0.25) is 0 Å². The number of hydrogen-bond acceptors (Lipinski definition) is 7. The van der Waals surface area contributed by atoms with E-state index >= 15 is 0 Å². The Morgan fingerprint density at radius 3 is 2.40 bits per heavy atom. The number of aliphatic hydroxyl groups excluding tert-OH is 1. The Kier molecular flexibility index (Phi) is 9.82. The minimum Gasteiger partial charge on any atom is -0.497 e. The van der Waals surface area contributed by atoms with E-state index in [1.165, 1.54) is 29.2 Å². The Bertz CT molecular complexity index is 1550. The Hall–Kier alpha value is -4.29. The molecule has 0 aromatic heterocycles. The second kappa shape index (κ2) is 13.3. The molecule has 1 aliphatic rings. The topological polar surface area (TPSA) is 138 Å². The number of sulfonamides is 1. The van der Waals surface area contributed by atoms with Crippen LogP contribution in [0.15, 0.2) is 71.6 Å². The molecule has 0 aliphatic carbocycles. The second-order valence-electron chi connectivity index (χ2n) is 10.8. The van der Waals surface area contributed by atoms with Crippen molar-refractivity contribution in [1.29, 1.82) is 0 Å². The summed E-state index contributed by atoms with van der Waals surface area (Å²) in [7, 11) is -0.698. The summed E-state index contributed by atoms with van der Waals surface area (Å²) in [6, 6.07) is 17.1. The number of carbonyl (C=O) groups is 2. The molecule has 0 saturated carbocycles. The first kappa shape index (κ1) is 31.6. The SMILES string of the molecule is COc1ccc(NC(=O)N(C)C[C@H]2Oc3ccc(NS(=O)(=O)c4ccc(C)cc4)cc3C(=O)N([C@@H](C)CO)C[C@@H]2C)cc1. The van der Waals surface area contributed by atoms with Crippen molar-refractivity contribution >= 4 is 33.3 Å². The van der Waals surface area contributed by atoms with Crippen molar-refractivity contribution in [2.75, 3.05) is 43.9 Å². The van der Waals surface area contributed by atoms with E-state index in [4.69, 9.17) is 9.47 Å². The molecule has 0 spiro atoms. The maximum atomic E-state index is 13.7. The monoisotopic (exact) mass is 610 g/mol. The van der Waals surface area contributed by atoms with E-state index in [9.17, 15) is 23.1 Å². The van der Waals surface area contributed by atoms with Crippen molar-refractivity contribution in [3.63, 3.8) is 0 Å². The van der Waals surface area contributed by atoms with Gasteiger partial charge in [0.15, 0.2) is 0 Å². The molecule has 0 fully saturated rings. The maximum Gasteiger partial charge on any atom is 0.321 e. The maximum absolute atomic E-state index is 13.7. The number of methoxy groups -OCH3 is 1. The number of benzene rings is 3. The van der Waals surface area contributed by atoms with Crippen LogP contribution in [0.5, 0.6) is 11.5 Å². The molecule has 3 amide bonds. The molecule has 230 valence electrons. The van der Waals surface area contributed by atoms with Gasteiger partial charge in [-0.25, -0.2) is 13.2 Å². The molecular weight excluding hydrogens is 572 g/mol. The Morgan fingerprint density at radius 2 is 1.77 bits per heavy atom. The second-order valence-corrected chi connectivity index (χ2v) is 12.5. The first-order chi connectivity index (χ1) is 20.4. The Balaban J connectivity index is 1.59. The molecule has 43 heavy (non-hydrogen) atoms. The zero-order valence-electron chi connectivity index (χ0n) is 24.9. The van der Waals surface area contributed by atoms with E-state index in [1.54, 1.807) is 68.4 Å². The average Bonchev–Trinajstić information content (AvgIpc) is 2.99. The van der Waals surface area contributed by atoms with Crippen molar-refractivity contribution in [3.05, 3.63) is 77.9 Å². The summed E-state index contributed by atoms with van der Waals surface area (Å²) >= 11 is 0. The van der Waals surface area contributed by atoms with Gasteiger partial charge >= 0.3 is 6.03 Å². The Labute approximate surface area is 252 Å². The van der Waals surface area contributed by atoms with Crippen LogP contribution in [0.3, 0.4) is 0 Å². The number of nitrogens with zero attached hydrogens (tertiary/aromatic N) is 2. The molecule has 0 radical (unpaired) electrons. The van der Waals surface area contributed by atoms with E-state index in [1.807, 2.05) is 13.8 Å². The average molecular weight is 611 g/mol. The minimum absolute atomic E-state index is 0.0905. The van der Waals surface area contributed by atoms with Gasteiger partial charge in [-0.1, -0.05) is 24.6 Å². The number of carbonyl (C=O) groups excluding carboxylic acids is 2. The largest absolute Gasteiger partial charge is 0.497 e. The fourth-order valence-corrected chi connectivity index (χ4v) is 5.73. The number of aryl methyl sites for hydroxylation is 1. The molecule has 0 bridgehead atoms. The lowest BCUT2D eigenvalue weighted by molar-refractivity contribution is 0.0371. The highest BCUT2D eigenvalue weighted by molar-refractivity contribution is 7.92. The summed E-state index contributed by atoms with van der Waals surface area (Å²) in [5.74, 6) is 0.300. The van der Waals surface area contributed by atoms with E-state index in [-0.39, 0.29) is 53.5 Å². The molecule has 11 nitrogen and oxygen atoms in total. The number of fused-ring (bicyclic) bond motifs is 1. The van der Waals surface area contributed by atoms with Crippen LogP contribution in [0.1, 0.15) is 29.8 Å². The van der Waals surface area contributed by atoms with Crippen LogP contribution >= 0.6 is 0 Å². The quantitative estimate of drug-likeness (QED) is 0.330. The smallest absolute Gasteiger partial charge is 0.321 e. The van der Waals surface area contributed by atoms with Crippen LogP contribution < -0.4 is 19.5 Å². The zero-order valence-corrected chi connectivity index (χ0v) is 25.7. The summed E-state index contributed by atoms with van der Waals surface area (Å²) in [6.07, 6.45) is -0.526. The fourth-order valence-electron chi connectivity index (χ4n) is 4.68. The lowest BCUT2D eigenvalue weighted by Crippen LogP contribution is -2.50. The van der Waals surface area contributed by atoms with Crippen LogP contribution in [0, 0.1) is 12.8 Å². The van der Waals surface area contributed by atoms with Gasteiger partial charge in [0.25, 0.3) is 15.9 Å². The van der Waals surface area contributed by atoms with E-state index < -0.39 is 28.1 Å². The van der Waals surface area contributed by atoms with Crippen molar-refractivity contribution in [2.45, 2.75) is 37.8 Å². The summed E-state index contributed by atoms with van der Waals surface area (Å²) in [6.45, 7) is 5.70. The normalized spacial score (nSPS) is 17.5. The summed E-state index contributed by atoms with van der Waals surface area (Å²) in [5, 5.41) is 12.8. The van der Waals surface area contributed by atoms with Gasteiger partial charge in [0, 0.05) is 30.9 Å². The molecule has 3 aromatic rings. The summed E-state index contributed by atoms with van der Waals surface area (Å²) in [5.41, 5.74) is 1.86. The van der Waals surface area contributed by atoms with Gasteiger partial charge in [0.1, 0.15) is 17.6 Å². The third-order valence-electron chi connectivity index (χ3n) is 7.39. The highest BCUT2D eigenvalue weighted by atomic mass is 32.2. The number of urea groups is 1. The number of ether oxygens (including phenoxy) is 2. The summed E-state index contributed by atoms with van der Waals surface area (Å²) in [4.78, 5) is 29.9.